The Labute approximate surface area is 205 Å². The highest BCUT2D eigenvalue weighted by Gasteiger charge is 2.31. The van der Waals surface area contributed by atoms with E-state index in [1.54, 1.807) is 4.90 Å². The number of alkyl halides is 3. The number of carbonyl (C=O) groups is 2. The van der Waals surface area contributed by atoms with Crippen LogP contribution in [0.3, 0.4) is 0 Å². The second-order valence-electron chi connectivity index (χ2n) is 9.54. The van der Waals surface area contributed by atoms with E-state index in [-0.39, 0.29) is 29.6 Å². The first kappa shape index (κ1) is 24.3. The normalized spacial score (nSPS) is 20.8. The fourth-order valence-corrected chi connectivity index (χ4v) is 5.12. The Morgan fingerprint density at radius 2 is 1.89 bits per heavy atom. The molecule has 36 heavy (non-hydrogen) atoms. The van der Waals surface area contributed by atoms with E-state index in [4.69, 9.17) is 0 Å². The van der Waals surface area contributed by atoms with Crippen LogP contribution in [0.25, 0.3) is 11.0 Å². The standard InChI is InChI=1S/C26H27F3N4O3/c27-26(28,29)18-4-1-3-17(14-18)24(36)31-25-30-21-13-16(15-32-12-2-5-23(32)35)6-11-22(21)33(25)19-7-9-20(34)10-8-19/h1,3-4,6,11,13-14,19-20,34H,2,5,7-10,12,15H2,(H,30,31,36)/t19-,20-. The molecule has 2 aliphatic rings. The molecule has 2 amide bonds. The minimum Gasteiger partial charge on any atom is -0.393 e. The van der Waals surface area contributed by atoms with Crippen LogP contribution in [0.2, 0.25) is 0 Å². The summed E-state index contributed by atoms with van der Waals surface area (Å²) < 4.78 is 41.4. The summed E-state index contributed by atoms with van der Waals surface area (Å²) in [5.74, 6) is -0.310. The maximum absolute atomic E-state index is 13.2. The zero-order chi connectivity index (χ0) is 25.4. The minimum atomic E-state index is -4.56. The molecule has 1 aliphatic carbocycles. The molecule has 5 rings (SSSR count). The summed E-state index contributed by atoms with van der Waals surface area (Å²) in [6.07, 6.45) is -0.943. The number of aliphatic hydroxyl groups is 1. The number of hydrogen-bond donors (Lipinski definition) is 2. The quantitative estimate of drug-likeness (QED) is 0.522. The van der Waals surface area contributed by atoms with Gasteiger partial charge < -0.3 is 14.6 Å². The van der Waals surface area contributed by atoms with Crippen molar-refractivity contribution in [3.8, 4) is 0 Å². The number of anilines is 1. The van der Waals surface area contributed by atoms with Gasteiger partial charge in [-0.05, 0) is 68.0 Å². The second-order valence-corrected chi connectivity index (χ2v) is 9.54. The van der Waals surface area contributed by atoms with E-state index >= 15 is 0 Å². The first-order valence-corrected chi connectivity index (χ1v) is 12.1. The van der Waals surface area contributed by atoms with Gasteiger partial charge in [0.1, 0.15) is 0 Å². The predicted molar refractivity (Wildman–Crippen MR) is 127 cm³/mol. The number of nitrogens with zero attached hydrogens (tertiary/aromatic N) is 3. The Balaban J connectivity index is 1.48. The summed E-state index contributed by atoms with van der Waals surface area (Å²) in [6.45, 7) is 1.19. The Morgan fingerprint density at radius 1 is 1.11 bits per heavy atom. The smallest absolute Gasteiger partial charge is 0.393 e. The highest BCUT2D eigenvalue weighted by atomic mass is 19.4. The largest absolute Gasteiger partial charge is 0.416 e. The lowest BCUT2D eigenvalue weighted by Gasteiger charge is -2.28. The van der Waals surface area contributed by atoms with Crippen LogP contribution in [0.5, 0.6) is 0 Å². The van der Waals surface area contributed by atoms with Crippen LogP contribution in [0.4, 0.5) is 19.1 Å². The molecule has 3 aromatic rings. The average molecular weight is 501 g/mol. The fourth-order valence-electron chi connectivity index (χ4n) is 5.12. The van der Waals surface area contributed by atoms with Crippen molar-refractivity contribution < 1.29 is 27.9 Å². The summed E-state index contributed by atoms with van der Waals surface area (Å²) in [4.78, 5) is 31.5. The molecule has 1 saturated carbocycles. The molecule has 10 heteroatoms. The highest BCUT2D eigenvalue weighted by Crippen LogP contribution is 2.35. The Hall–Kier alpha value is -3.40. The maximum atomic E-state index is 13.2. The number of aliphatic hydroxyl groups excluding tert-OH is 1. The van der Waals surface area contributed by atoms with Crippen LogP contribution in [-0.4, -0.2) is 44.0 Å². The van der Waals surface area contributed by atoms with E-state index in [9.17, 15) is 27.9 Å². The third-order valence-corrected chi connectivity index (χ3v) is 7.01. The van der Waals surface area contributed by atoms with Crippen molar-refractivity contribution in [2.45, 2.75) is 63.4 Å². The van der Waals surface area contributed by atoms with Gasteiger partial charge in [0.25, 0.3) is 5.91 Å². The second kappa shape index (κ2) is 9.57. The molecule has 0 atom stereocenters. The van der Waals surface area contributed by atoms with Gasteiger partial charge in [-0.15, -0.1) is 0 Å². The first-order chi connectivity index (χ1) is 17.2. The zero-order valence-corrected chi connectivity index (χ0v) is 19.6. The number of halogens is 3. The minimum absolute atomic E-state index is 0.0266. The van der Waals surface area contributed by atoms with Gasteiger partial charge in [0.15, 0.2) is 0 Å². The molecule has 2 aromatic carbocycles. The summed E-state index contributed by atoms with van der Waals surface area (Å²) in [5.41, 5.74) is 1.32. The van der Waals surface area contributed by atoms with Gasteiger partial charge in [-0.1, -0.05) is 12.1 Å². The number of hydrogen-bond acceptors (Lipinski definition) is 4. The summed E-state index contributed by atoms with van der Waals surface area (Å²) >= 11 is 0. The molecular weight excluding hydrogens is 473 g/mol. The monoisotopic (exact) mass is 500 g/mol. The van der Waals surface area contributed by atoms with Crippen molar-refractivity contribution in [2.75, 3.05) is 11.9 Å². The number of rotatable bonds is 5. The number of fused-ring (bicyclic) bond motifs is 1. The number of likely N-dealkylation sites (tertiary alicyclic amines) is 1. The molecule has 1 saturated heterocycles. The summed E-state index contributed by atoms with van der Waals surface area (Å²) in [5, 5.41) is 12.7. The number of imidazole rings is 1. The molecule has 0 bridgehead atoms. The third-order valence-electron chi connectivity index (χ3n) is 7.01. The molecule has 0 unspecified atom stereocenters. The lowest BCUT2D eigenvalue weighted by atomic mass is 9.93. The van der Waals surface area contributed by atoms with Crippen LogP contribution in [0, 0.1) is 0 Å². The number of aromatic nitrogens is 2. The van der Waals surface area contributed by atoms with Crippen molar-refractivity contribution in [1.82, 2.24) is 14.5 Å². The van der Waals surface area contributed by atoms with E-state index in [1.807, 2.05) is 22.8 Å². The van der Waals surface area contributed by atoms with Gasteiger partial charge in [-0.25, -0.2) is 4.98 Å². The Morgan fingerprint density at radius 3 is 2.58 bits per heavy atom. The molecule has 2 fully saturated rings. The molecular formula is C26H27F3N4O3. The van der Waals surface area contributed by atoms with Gasteiger partial charge >= 0.3 is 6.18 Å². The molecule has 2 heterocycles. The highest BCUT2D eigenvalue weighted by molar-refractivity contribution is 6.04. The van der Waals surface area contributed by atoms with E-state index in [0.29, 0.717) is 50.7 Å². The molecule has 1 aliphatic heterocycles. The maximum Gasteiger partial charge on any atom is 0.416 e. The van der Waals surface area contributed by atoms with E-state index in [0.717, 1.165) is 29.6 Å². The number of amides is 2. The molecule has 7 nitrogen and oxygen atoms in total. The Kier molecular flexibility index (Phi) is 6.46. The summed E-state index contributed by atoms with van der Waals surface area (Å²) in [6, 6.07) is 9.98. The van der Waals surface area contributed by atoms with Gasteiger partial charge in [-0.3, -0.25) is 14.9 Å². The van der Waals surface area contributed by atoms with Crippen molar-refractivity contribution in [3.05, 3.63) is 59.2 Å². The van der Waals surface area contributed by atoms with Gasteiger partial charge in [0.2, 0.25) is 11.9 Å². The fraction of sp³-hybridized carbons (Fsp3) is 0.423. The van der Waals surface area contributed by atoms with E-state index in [2.05, 4.69) is 10.3 Å². The van der Waals surface area contributed by atoms with Crippen LogP contribution in [0.1, 0.15) is 66.1 Å². The van der Waals surface area contributed by atoms with E-state index in [1.165, 1.54) is 12.1 Å². The predicted octanol–water partition coefficient (Wildman–Crippen LogP) is 4.91. The van der Waals surface area contributed by atoms with Crippen molar-refractivity contribution in [2.24, 2.45) is 0 Å². The van der Waals surface area contributed by atoms with E-state index < -0.39 is 17.6 Å². The third kappa shape index (κ3) is 4.95. The SMILES string of the molecule is O=C(Nc1nc2cc(CN3CCCC3=O)ccc2n1[C@H]1CC[C@H](O)CC1)c1cccc(C(F)(F)F)c1. The number of carbonyl (C=O) groups excluding carboxylic acids is 2. The molecule has 2 N–H and O–H groups in total. The lowest BCUT2D eigenvalue weighted by Crippen LogP contribution is -2.24. The number of benzene rings is 2. The van der Waals surface area contributed by atoms with Crippen molar-refractivity contribution >= 4 is 28.8 Å². The zero-order valence-electron chi connectivity index (χ0n) is 19.6. The molecule has 0 radical (unpaired) electrons. The number of nitrogens with one attached hydrogen (secondary N) is 1. The topological polar surface area (TPSA) is 87.5 Å². The van der Waals surface area contributed by atoms with Gasteiger partial charge in [-0.2, -0.15) is 13.2 Å². The van der Waals surface area contributed by atoms with Crippen molar-refractivity contribution in [3.63, 3.8) is 0 Å². The van der Waals surface area contributed by atoms with Crippen LogP contribution >= 0.6 is 0 Å². The average Bonchev–Trinajstić information content (AvgIpc) is 3.41. The molecule has 190 valence electrons. The van der Waals surface area contributed by atoms with Crippen LogP contribution in [-0.2, 0) is 17.5 Å². The van der Waals surface area contributed by atoms with Gasteiger partial charge in [0, 0.05) is 31.1 Å². The lowest BCUT2D eigenvalue weighted by molar-refractivity contribution is -0.137. The molecule has 1 aromatic heterocycles. The Bertz CT molecular complexity index is 1300. The van der Waals surface area contributed by atoms with Crippen LogP contribution in [0.15, 0.2) is 42.5 Å². The van der Waals surface area contributed by atoms with Crippen molar-refractivity contribution in [1.29, 1.82) is 0 Å². The first-order valence-electron chi connectivity index (χ1n) is 12.1. The molecule has 0 spiro atoms. The van der Waals surface area contributed by atoms with Crippen LogP contribution < -0.4 is 5.32 Å². The van der Waals surface area contributed by atoms with Gasteiger partial charge in [0.05, 0.1) is 22.7 Å². The summed E-state index contributed by atoms with van der Waals surface area (Å²) in [7, 11) is 0.